The lowest BCUT2D eigenvalue weighted by Gasteiger charge is -2.08. The molecule has 0 aliphatic heterocycles. The number of carbonyl (C=O) groups is 1. The van der Waals surface area contributed by atoms with Crippen LogP contribution in [0.3, 0.4) is 0 Å². The summed E-state index contributed by atoms with van der Waals surface area (Å²) in [5, 5.41) is 3.84. The van der Waals surface area contributed by atoms with Crippen LogP contribution in [0.25, 0.3) is 0 Å². The summed E-state index contributed by atoms with van der Waals surface area (Å²) in [5.41, 5.74) is 2.48. The summed E-state index contributed by atoms with van der Waals surface area (Å²) in [6.07, 6.45) is 1.67. The number of benzene rings is 1. The maximum absolute atomic E-state index is 11.0. The van der Waals surface area contributed by atoms with Gasteiger partial charge < -0.3 is 4.52 Å². The van der Waals surface area contributed by atoms with Crippen molar-refractivity contribution < 1.29 is 9.32 Å². The topological polar surface area (TPSA) is 43.1 Å². The first-order chi connectivity index (χ1) is 8.22. The molecule has 3 heteroatoms. The lowest BCUT2D eigenvalue weighted by molar-refractivity contribution is 0.112. The van der Waals surface area contributed by atoms with Gasteiger partial charge in [-0.3, -0.25) is 4.79 Å². The van der Waals surface area contributed by atoms with Crippen molar-refractivity contribution in [1.82, 2.24) is 5.16 Å². The average Bonchev–Trinajstić information content (AvgIpc) is 2.71. The van der Waals surface area contributed by atoms with Crippen LogP contribution >= 0.6 is 0 Å². The fourth-order valence-corrected chi connectivity index (χ4v) is 1.95. The number of nitrogens with zero attached hydrogens (tertiary/aromatic N) is 1. The Bertz CT molecular complexity index is 502. The molecule has 2 rings (SSSR count). The second kappa shape index (κ2) is 4.95. The Morgan fingerprint density at radius 2 is 2.06 bits per heavy atom. The number of carbonyl (C=O) groups excluding carboxylic acids is 1. The van der Waals surface area contributed by atoms with Gasteiger partial charge in [-0.25, -0.2) is 0 Å². The van der Waals surface area contributed by atoms with Gasteiger partial charge in [0.2, 0.25) is 0 Å². The van der Waals surface area contributed by atoms with Crippen LogP contribution in [0.15, 0.2) is 34.9 Å². The van der Waals surface area contributed by atoms with Gasteiger partial charge in [-0.15, -0.1) is 0 Å². The molecule has 0 fully saturated rings. The van der Waals surface area contributed by atoms with Gasteiger partial charge in [-0.2, -0.15) is 0 Å². The van der Waals surface area contributed by atoms with Crippen LogP contribution in [0.2, 0.25) is 0 Å². The van der Waals surface area contributed by atoms with Crippen LogP contribution in [0.5, 0.6) is 0 Å². The summed E-state index contributed by atoms with van der Waals surface area (Å²) >= 11 is 0. The van der Waals surface area contributed by atoms with Gasteiger partial charge in [-0.1, -0.05) is 42.4 Å². The minimum atomic E-state index is 0.152. The van der Waals surface area contributed by atoms with Gasteiger partial charge >= 0.3 is 0 Å². The average molecular weight is 229 g/mol. The molecule has 0 N–H and O–H groups in total. The Kier molecular flexibility index (Phi) is 3.38. The van der Waals surface area contributed by atoms with E-state index in [9.17, 15) is 4.79 Å². The quantitative estimate of drug-likeness (QED) is 0.756. The van der Waals surface area contributed by atoms with E-state index in [0.717, 1.165) is 12.7 Å². The molecule has 1 atom stereocenters. The molecule has 0 aliphatic carbocycles. The van der Waals surface area contributed by atoms with Crippen LogP contribution in [-0.2, 0) is 6.42 Å². The van der Waals surface area contributed by atoms with Crippen molar-refractivity contribution in [2.75, 3.05) is 0 Å². The van der Waals surface area contributed by atoms with E-state index in [2.05, 4.69) is 17.3 Å². The minimum Gasteiger partial charge on any atom is -0.360 e. The first-order valence-electron chi connectivity index (χ1n) is 5.67. The van der Waals surface area contributed by atoms with Gasteiger partial charge in [0.15, 0.2) is 12.0 Å². The molecule has 0 spiro atoms. The maximum Gasteiger partial charge on any atom is 0.155 e. The van der Waals surface area contributed by atoms with Crippen molar-refractivity contribution in [3.8, 4) is 0 Å². The Hall–Kier alpha value is -1.90. The number of aldehydes is 1. The molecule has 2 aromatic rings. The van der Waals surface area contributed by atoms with E-state index in [1.165, 1.54) is 5.56 Å². The van der Waals surface area contributed by atoms with Gasteiger partial charge in [0.25, 0.3) is 0 Å². The second-order valence-electron chi connectivity index (χ2n) is 4.25. The molecule has 0 aliphatic rings. The van der Waals surface area contributed by atoms with E-state index >= 15 is 0 Å². The van der Waals surface area contributed by atoms with Crippen molar-refractivity contribution in [3.05, 3.63) is 52.9 Å². The summed E-state index contributed by atoms with van der Waals surface area (Å²) in [4.78, 5) is 11.0. The third-order valence-electron chi connectivity index (χ3n) is 2.89. The molecule has 3 nitrogen and oxygen atoms in total. The van der Waals surface area contributed by atoms with E-state index in [0.29, 0.717) is 17.0 Å². The molecule has 88 valence electrons. The third kappa shape index (κ3) is 2.44. The fraction of sp³-hybridized carbons (Fsp3) is 0.286. The predicted molar refractivity (Wildman–Crippen MR) is 65.2 cm³/mol. The molecule has 1 heterocycles. The lowest BCUT2D eigenvalue weighted by Crippen LogP contribution is -2.00. The van der Waals surface area contributed by atoms with E-state index in [4.69, 9.17) is 4.52 Å². The molecular weight excluding hydrogens is 214 g/mol. The molecular formula is C14H15NO2. The molecule has 0 bridgehead atoms. The van der Waals surface area contributed by atoms with Gasteiger partial charge in [-0.05, 0) is 18.9 Å². The first-order valence-corrected chi connectivity index (χ1v) is 5.67. The monoisotopic (exact) mass is 229 g/mol. The smallest absolute Gasteiger partial charge is 0.155 e. The molecule has 0 radical (unpaired) electrons. The zero-order valence-corrected chi connectivity index (χ0v) is 10.0. The van der Waals surface area contributed by atoms with Crippen molar-refractivity contribution >= 4 is 6.29 Å². The Morgan fingerprint density at radius 1 is 1.35 bits per heavy atom. The molecule has 0 saturated heterocycles. The van der Waals surface area contributed by atoms with Crippen LogP contribution in [-0.4, -0.2) is 11.4 Å². The summed E-state index contributed by atoms with van der Waals surface area (Å²) in [6.45, 7) is 3.83. The number of aromatic nitrogens is 1. The minimum absolute atomic E-state index is 0.152. The van der Waals surface area contributed by atoms with Crippen molar-refractivity contribution in [1.29, 1.82) is 0 Å². The van der Waals surface area contributed by atoms with Crippen LogP contribution < -0.4 is 0 Å². The normalized spacial score (nSPS) is 12.4. The molecule has 17 heavy (non-hydrogen) atoms. The Morgan fingerprint density at radius 3 is 2.71 bits per heavy atom. The number of rotatable bonds is 4. The summed E-state index contributed by atoms with van der Waals surface area (Å²) in [7, 11) is 0. The molecule has 0 amide bonds. The van der Waals surface area contributed by atoms with E-state index < -0.39 is 0 Å². The SMILES string of the molecule is Cc1noc([C@@H](C)Cc2ccccc2)c1C=O. The largest absolute Gasteiger partial charge is 0.360 e. The zero-order chi connectivity index (χ0) is 12.3. The molecule has 1 aromatic heterocycles. The highest BCUT2D eigenvalue weighted by atomic mass is 16.5. The van der Waals surface area contributed by atoms with E-state index in [1.807, 2.05) is 25.1 Å². The zero-order valence-electron chi connectivity index (χ0n) is 10.0. The number of aryl methyl sites for hydroxylation is 1. The highest BCUT2D eigenvalue weighted by Crippen LogP contribution is 2.24. The first kappa shape index (κ1) is 11.6. The van der Waals surface area contributed by atoms with Gasteiger partial charge in [0.05, 0.1) is 11.3 Å². The van der Waals surface area contributed by atoms with E-state index in [1.54, 1.807) is 6.92 Å². The number of hydrogen-bond acceptors (Lipinski definition) is 3. The van der Waals surface area contributed by atoms with Crippen LogP contribution in [0, 0.1) is 6.92 Å². The fourth-order valence-electron chi connectivity index (χ4n) is 1.95. The molecule has 0 saturated carbocycles. The summed E-state index contributed by atoms with van der Waals surface area (Å²) in [6, 6.07) is 10.1. The van der Waals surface area contributed by atoms with Gasteiger partial charge in [0, 0.05) is 5.92 Å². The molecule has 1 aromatic carbocycles. The van der Waals surface area contributed by atoms with Crippen molar-refractivity contribution in [2.45, 2.75) is 26.2 Å². The van der Waals surface area contributed by atoms with Crippen molar-refractivity contribution in [3.63, 3.8) is 0 Å². The van der Waals surface area contributed by atoms with Gasteiger partial charge in [0.1, 0.15) is 0 Å². The van der Waals surface area contributed by atoms with Crippen LogP contribution in [0.1, 0.15) is 40.2 Å². The van der Waals surface area contributed by atoms with E-state index in [-0.39, 0.29) is 5.92 Å². The predicted octanol–water partition coefficient (Wildman–Crippen LogP) is 3.14. The van der Waals surface area contributed by atoms with Crippen molar-refractivity contribution in [2.24, 2.45) is 0 Å². The Labute approximate surface area is 100 Å². The molecule has 0 unspecified atom stereocenters. The summed E-state index contributed by atoms with van der Waals surface area (Å²) in [5.74, 6) is 0.833. The second-order valence-corrected chi connectivity index (χ2v) is 4.25. The number of hydrogen-bond donors (Lipinski definition) is 0. The summed E-state index contributed by atoms with van der Waals surface area (Å²) < 4.78 is 5.24. The maximum atomic E-state index is 11.0. The lowest BCUT2D eigenvalue weighted by atomic mass is 9.96. The third-order valence-corrected chi connectivity index (χ3v) is 2.89. The highest BCUT2D eigenvalue weighted by Gasteiger charge is 2.18. The standard InChI is InChI=1S/C14H15NO2/c1-10(8-12-6-4-3-5-7-12)14-13(9-16)11(2)15-17-14/h3-7,9-10H,8H2,1-2H3/t10-/m0/s1. The Balaban J connectivity index is 2.20. The highest BCUT2D eigenvalue weighted by molar-refractivity contribution is 5.77. The van der Waals surface area contributed by atoms with Crippen LogP contribution in [0.4, 0.5) is 0 Å².